The van der Waals surface area contributed by atoms with E-state index in [1.807, 2.05) is 51.2 Å². The Labute approximate surface area is 294 Å². The van der Waals surface area contributed by atoms with Gasteiger partial charge in [-0.1, -0.05) is 71.6 Å². The molecule has 0 aromatic rings. The molecule has 0 heterocycles. The minimum atomic E-state index is 0.0136. The fourth-order valence-electron chi connectivity index (χ4n) is 6.16. The first kappa shape index (κ1) is 43.1. The van der Waals surface area contributed by atoms with Crippen LogP contribution in [-0.2, 0) is 19.3 Å². The molecule has 0 aromatic carbocycles. The van der Waals surface area contributed by atoms with E-state index in [-0.39, 0.29) is 34.9 Å². The molecule has 0 aromatic heterocycles. The highest BCUT2D eigenvalue weighted by Gasteiger charge is 2.33. The molecule has 2 rings (SSSR count). The highest BCUT2D eigenvalue weighted by atomic mass is 32.2. The molecule has 0 radical (unpaired) electrons. The number of ketones is 2. The van der Waals surface area contributed by atoms with Gasteiger partial charge in [-0.25, -0.2) is 0 Å². The molecule has 0 spiro atoms. The molecule has 0 saturated heterocycles. The van der Waals surface area contributed by atoms with Crippen LogP contribution >= 0.6 is 23.5 Å². The van der Waals surface area contributed by atoms with Gasteiger partial charge in [-0.3, -0.25) is 9.59 Å². The maximum absolute atomic E-state index is 12.6. The Morgan fingerprint density at radius 3 is 1.51 bits per heavy atom. The van der Waals surface area contributed by atoms with Crippen molar-refractivity contribution < 1.29 is 29.5 Å². The van der Waals surface area contributed by atoms with Crippen molar-refractivity contribution in [2.24, 2.45) is 28.1 Å². The van der Waals surface area contributed by atoms with Gasteiger partial charge in [-0.15, -0.1) is 0 Å². The summed E-state index contributed by atoms with van der Waals surface area (Å²) in [4.78, 5) is 35.5. The van der Waals surface area contributed by atoms with Gasteiger partial charge >= 0.3 is 0 Å². The van der Waals surface area contributed by atoms with Crippen LogP contribution in [0, 0.1) is 17.8 Å². The van der Waals surface area contributed by atoms with Crippen LogP contribution in [0.15, 0.2) is 33.0 Å². The Morgan fingerprint density at radius 2 is 1.17 bits per heavy atom. The number of allylic oxidation sites excluding steroid dienone is 4. The predicted molar refractivity (Wildman–Crippen MR) is 201 cm³/mol. The van der Waals surface area contributed by atoms with Crippen molar-refractivity contribution in [3.63, 3.8) is 0 Å². The van der Waals surface area contributed by atoms with Crippen molar-refractivity contribution in [3.8, 4) is 0 Å². The van der Waals surface area contributed by atoms with E-state index in [2.05, 4.69) is 44.9 Å². The van der Waals surface area contributed by atoms with Crippen LogP contribution in [0.25, 0.3) is 0 Å². The quantitative estimate of drug-likeness (QED) is 0.0954. The smallest absolute Gasteiger partial charge is 0.168 e. The van der Waals surface area contributed by atoms with E-state index in [1.165, 1.54) is 0 Å². The Morgan fingerprint density at radius 1 is 0.723 bits per heavy atom. The topological polar surface area (TPSA) is 118 Å². The van der Waals surface area contributed by atoms with Crippen molar-refractivity contribution >= 4 is 46.5 Å². The third kappa shape index (κ3) is 15.0. The van der Waals surface area contributed by atoms with Gasteiger partial charge in [0, 0.05) is 36.2 Å². The second-order valence-corrected chi connectivity index (χ2v) is 15.7. The Kier molecular flexibility index (Phi) is 22.2. The standard InChI is InChI=1S/C19H33NO3S.C18H31NO3S/c1-6-9-15(20-23-7-2)19-16(21)10-14(11-17(19)22)12-18(13(4)5)24-8-3;1-5-9-15(19-22-7-3)18-16(20)11-13(12-17(18)21)10-14(6-2)23-8-4/h13-14,18,21H,6-12H2,1-5H3;13-14,20H,5-12H2,1-4H3/b20-15+;19-15+. The molecule has 270 valence electrons. The largest absolute Gasteiger partial charge is 0.511 e. The number of aliphatic hydroxyl groups excluding tert-OH is 2. The number of hydrogen-bond acceptors (Lipinski definition) is 10. The van der Waals surface area contributed by atoms with Crippen molar-refractivity contribution in [3.05, 3.63) is 22.7 Å². The summed E-state index contributed by atoms with van der Waals surface area (Å²) in [6.45, 7) is 19.7. The number of carbonyl (C=O) groups is 2. The molecule has 4 atom stereocenters. The molecule has 0 bridgehead atoms. The van der Waals surface area contributed by atoms with Crippen LogP contribution in [0.4, 0.5) is 0 Å². The summed E-state index contributed by atoms with van der Waals surface area (Å²) in [5.74, 6) is 3.65. The van der Waals surface area contributed by atoms with E-state index >= 15 is 0 Å². The molecular formula is C37H64N2O6S2. The van der Waals surface area contributed by atoms with E-state index in [9.17, 15) is 19.8 Å². The summed E-state index contributed by atoms with van der Waals surface area (Å²) in [5.41, 5.74) is 2.02. The lowest BCUT2D eigenvalue weighted by atomic mass is 9.81. The van der Waals surface area contributed by atoms with Crippen molar-refractivity contribution in [2.75, 3.05) is 24.7 Å². The molecule has 10 heteroatoms. The highest BCUT2D eigenvalue weighted by molar-refractivity contribution is 8.00. The minimum absolute atomic E-state index is 0.0136. The van der Waals surface area contributed by atoms with Gasteiger partial charge in [0.15, 0.2) is 11.6 Å². The van der Waals surface area contributed by atoms with Gasteiger partial charge in [-0.2, -0.15) is 23.5 Å². The minimum Gasteiger partial charge on any atom is -0.511 e. The molecular weight excluding hydrogens is 633 g/mol. The molecule has 47 heavy (non-hydrogen) atoms. The second kappa shape index (κ2) is 24.2. The number of hydrogen-bond donors (Lipinski definition) is 2. The van der Waals surface area contributed by atoms with Gasteiger partial charge in [0.2, 0.25) is 0 Å². The van der Waals surface area contributed by atoms with Gasteiger partial charge in [0.25, 0.3) is 0 Å². The highest BCUT2D eigenvalue weighted by Crippen LogP contribution is 2.36. The Hall–Kier alpha value is -1.94. The maximum atomic E-state index is 12.6. The number of rotatable bonds is 20. The molecule has 2 aliphatic carbocycles. The van der Waals surface area contributed by atoms with Crippen LogP contribution in [0.3, 0.4) is 0 Å². The third-order valence-corrected chi connectivity index (χ3v) is 11.2. The monoisotopic (exact) mass is 696 g/mol. The Bertz CT molecular complexity index is 1080. The maximum Gasteiger partial charge on any atom is 0.168 e. The summed E-state index contributed by atoms with van der Waals surface area (Å²) in [5, 5.41) is 30.2. The summed E-state index contributed by atoms with van der Waals surface area (Å²) in [6, 6.07) is 0. The van der Waals surface area contributed by atoms with E-state index < -0.39 is 0 Å². The van der Waals surface area contributed by atoms with Crippen LogP contribution in [-0.4, -0.2) is 68.4 Å². The van der Waals surface area contributed by atoms with Crippen LogP contribution in [0.2, 0.25) is 0 Å². The van der Waals surface area contributed by atoms with Gasteiger partial charge in [0.1, 0.15) is 24.7 Å². The zero-order valence-corrected chi connectivity index (χ0v) is 32.4. The summed E-state index contributed by atoms with van der Waals surface area (Å²) in [6.07, 6.45) is 8.26. The van der Waals surface area contributed by atoms with Crippen molar-refractivity contribution in [2.45, 2.75) is 143 Å². The number of oxime groups is 2. The fourth-order valence-corrected chi connectivity index (χ4v) is 8.50. The number of aliphatic hydroxyl groups is 2. The average Bonchev–Trinajstić information content (AvgIpc) is 3.01. The van der Waals surface area contributed by atoms with E-state index in [4.69, 9.17) is 9.68 Å². The first-order chi connectivity index (χ1) is 22.5. The van der Waals surface area contributed by atoms with Crippen molar-refractivity contribution in [1.29, 1.82) is 0 Å². The molecule has 0 aliphatic heterocycles. The van der Waals surface area contributed by atoms with Crippen LogP contribution in [0.5, 0.6) is 0 Å². The molecule has 0 fully saturated rings. The molecule has 0 amide bonds. The molecule has 2 N–H and O–H groups in total. The summed E-state index contributed by atoms with van der Waals surface area (Å²) >= 11 is 3.90. The second-order valence-electron chi connectivity index (χ2n) is 12.6. The third-order valence-electron chi connectivity index (χ3n) is 8.35. The summed E-state index contributed by atoms with van der Waals surface area (Å²) < 4.78 is 0. The lowest BCUT2D eigenvalue weighted by Gasteiger charge is -2.29. The zero-order chi connectivity index (χ0) is 35.4. The van der Waals surface area contributed by atoms with Gasteiger partial charge in [-0.05, 0) is 75.2 Å². The number of Topliss-reactive ketones (excluding diaryl/α,β-unsaturated/α-hetero) is 2. The van der Waals surface area contributed by atoms with Crippen LogP contribution < -0.4 is 0 Å². The van der Waals surface area contributed by atoms with Crippen molar-refractivity contribution in [1.82, 2.24) is 0 Å². The first-order valence-electron chi connectivity index (χ1n) is 18.0. The molecule has 4 unspecified atom stereocenters. The van der Waals surface area contributed by atoms with Gasteiger partial charge in [0.05, 0.1) is 22.6 Å². The lowest BCUT2D eigenvalue weighted by Crippen LogP contribution is -2.27. The fraction of sp³-hybridized carbons (Fsp3) is 0.784. The van der Waals surface area contributed by atoms with Crippen LogP contribution in [0.1, 0.15) is 133 Å². The number of thioether (sulfide) groups is 2. The van der Waals surface area contributed by atoms with E-state index in [1.54, 1.807) is 0 Å². The van der Waals surface area contributed by atoms with Gasteiger partial charge < -0.3 is 19.9 Å². The molecule has 2 aliphatic rings. The number of nitrogens with zero attached hydrogens (tertiary/aromatic N) is 2. The first-order valence-corrected chi connectivity index (χ1v) is 20.1. The molecule has 8 nitrogen and oxygen atoms in total. The van der Waals surface area contributed by atoms with E-state index in [0.717, 1.165) is 43.6 Å². The SMILES string of the molecule is CCC/C(=N\OCC)C1=C(O)CC(CC(CC)SCC)CC1=O.CCC/C(=N\OCC)C1=C(O)CC(CC(SCC)C(C)C)CC1=O. The zero-order valence-electron chi connectivity index (χ0n) is 30.7. The average molecular weight is 697 g/mol. The molecule has 0 saturated carbocycles. The lowest BCUT2D eigenvalue weighted by molar-refractivity contribution is -0.117. The summed E-state index contributed by atoms with van der Waals surface area (Å²) in [7, 11) is 0. The Balaban J connectivity index is 0.000000470. The normalized spacial score (nSPS) is 20.7. The predicted octanol–water partition coefficient (Wildman–Crippen LogP) is 10.0. The number of carbonyl (C=O) groups excluding carboxylic acids is 2. The van der Waals surface area contributed by atoms with E-state index in [0.29, 0.717) is 90.7 Å².